The van der Waals surface area contributed by atoms with Gasteiger partial charge in [-0.1, -0.05) is 6.92 Å². The molecule has 0 saturated carbocycles. The number of carbonyl (C=O) groups excluding carboxylic acids is 2. The van der Waals surface area contributed by atoms with E-state index in [2.05, 4.69) is 0 Å². The topological polar surface area (TPSA) is 55.8 Å². The van der Waals surface area contributed by atoms with Crippen LogP contribution in [0.25, 0.3) is 0 Å². The summed E-state index contributed by atoms with van der Waals surface area (Å²) in [5.41, 5.74) is 0. The van der Waals surface area contributed by atoms with Gasteiger partial charge in [-0.15, -0.1) is 0 Å². The lowest BCUT2D eigenvalue weighted by Crippen LogP contribution is -2.52. The third-order valence-corrected chi connectivity index (χ3v) is 3.60. The Morgan fingerprint density at radius 3 is 2.83 bits per heavy atom. The Labute approximate surface area is 112 Å². The van der Waals surface area contributed by atoms with Gasteiger partial charge in [-0.2, -0.15) is 11.8 Å². The molecule has 6 heteroatoms. The molecule has 104 valence electrons. The first-order valence-electron chi connectivity index (χ1n) is 6.32. The molecule has 1 rings (SSSR count). The predicted molar refractivity (Wildman–Crippen MR) is 70.6 cm³/mol. The number of esters is 1. The summed E-state index contributed by atoms with van der Waals surface area (Å²) >= 11 is 1.67. The number of ether oxygens (including phenoxy) is 2. The fraction of sp³-hybridized carbons (Fsp3) is 0.833. The number of rotatable bonds is 6. The fourth-order valence-corrected chi connectivity index (χ4v) is 2.75. The molecule has 0 N–H and O–H groups in total. The van der Waals surface area contributed by atoms with Crippen LogP contribution in [0.5, 0.6) is 0 Å². The molecule has 0 aromatic heterocycles. The Bertz CT molecular complexity index is 285. The maximum atomic E-state index is 12.0. The summed E-state index contributed by atoms with van der Waals surface area (Å²) in [6, 6.07) is -0.457. The minimum atomic E-state index is -0.457. The van der Waals surface area contributed by atoms with Crippen LogP contribution in [0.2, 0.25) is 0 Å². The molecular weight excluding hydrogens is 254 g/mol. The summed E-state index contributed by atoms with van der Waals surface area (Å²) in [5, 5.41) is 0. The normalized spacial score (nSPS) is 19.7. The van der Waals surface area contributed by atoms with Crippen molar-refractivity contribution in [2.24, 2.45) is 0 Å². The van der Waals surface area contributed by atoms with Crippen molar-refractivity contribution in [1.82, 2.24) is 4.90 Å². The minimum Gasteiger partial charge on any atom is -0.464 e. The van der Waals surface area contributed by atoms with E-state index in [-0.39, 0.29) is 18.5 Å². The summed E-state index contributed by atoms with van der Waals surface area (Å²) in [4.78, 5) is 25.3. The summed E-state index contributed by atoms with van der Waals surface area (Å²) in [6.07, 6.45) is 0.879. The lowest BCUT2D eigenvalue weighted by atomic mass is 10.2. The average Bonchev–Trinajstić information content (AvgIpc) is 2.39. The summed E-state index contributed by atoms with van der Waals surface area (Å²) in [7, 11) is 0. The lowest BCUT2D eigenvalue weighted by molar-refractivity contribution is -0.155. The first-order valence-corrected chi connectivity index (χ1v) is 7.47. The van der Waals surface area contributed by atoms with Crippen molar-refractivity contribution in [1.29, 1.82) is 0 Å². The molecule has 18 heavy (non-hydrogen) atoms. The van der Waals surface area contributed by atoms with Crippen molar-refractivity contribution in [3.8, 4) is 0 Å². The van der Waals surface area contributed by atoms with E-state index in [0.29, 0.717) is 25.5 Å². The zero-order chi connectivity index (χ0) is 13.4. The molecule has 0 radical (unpaired) electrons. The van der Waals surface area contributed by atoms with Gasteiger partial charge in [0.05, 0.1) is 6.61 Å². The molecule has 0 aromatic carbocycles. The van der Waals surface area contributed by atoms with Gasteiger partial charge in [0.15, 0.2) is 0 Å². The van der Waals surface area contributed by atoms with Gasteiger partial charge in [0.1, 0.15) is 12.6 Å². The molecule has 1 amide bonds. The molecule has 1 heterocycles. The third kappa shape index (κ3) is 4.49. The van der Waals surface area contributed by atoms with Crippen molar-refractivity contribution in [3.05, 3.63) is 0 Å². The quantitative estimate of drug-likeness (QED) is 0.533. The molecule has 1 aliphatic rings. The highest BCUT2D eigenvalue weighted by molar-refractivity contribution is 7.99. The molecule has 1 unspecified atom stereocenters. The van der Waals surface area contributed by atoms with Crippen LogP contribution in [0.15, 0.2) is 0 Å². The maximum Gasteiger partial charge on any atom is 0.329 e. The Morgan fingerprint density at radius 1 is 1.39 bits per heavy atom. The third-order valence-electron chi connectivity index (χ3n) is 2.58. The number of amides is 1. The van der Waals surface area contributed by atoms with Crippen LogP contribution in [0, 0.1) is 0 Å². The first-order chi connectivity index (χ1) is 8.70. The molecule has 0 aromatic rings. The summed E-state index contributed by atoms with van der Waals surface area (Å²) in [6.45, 7) is 5.30. The van der Waals surface area contributed by atoms with Crippen LogP contribution < -0.4 is 0 Å². The van der Waals surface area contributed by atoms with Gasteiger partial charge < -0.3 is 14.4 Å². The second-order valence-electron chi connectivity index (χ2n) is 3.98. The maximum absolute atomic E-state index is 12.0. The number of thioether (sulfide) groups is 1. The van der Waals surface area contributed by atoms with Crippen LogP contribution in [-0.2, 0) is 19.1 Å². The van der Waals surface area contributed by atoms with Crippen LogP contribution in [0.4, 0.5) is 0 Å². The van der Waals surface area contributed by atoms with Gasteiger partial charge in [-0.25, -0.2) is 4.79 Å². The van der Waals surface area contributed by atoms with Crippen LogP contribution in [-0.4, -0.2) is 60.7 Å². The van der Waals surface area contributed by atoms with E-state index < -0.39 is 6.04 Å². The Balaban J connectivity index is 2.52. The summed E-state index contributed by atoms with van der Waals surface area (Å²) in [5.74, 6) is 1.03. The number of hydrogen-bond acceptors (Lipinski definition) is 5. The smallest absolute Gasteiger partial charge is 0.329 e. The van der Waals surface area contributed by atoms with Crippen molar-refractivity contribution in [2.45, 2.75) is 26.3 Å². The standard InChI is InChI=1S/C12H21NO4S/c1-3-6-16-8-11(14)13-5-7-18-9-10(13)12(15)17-4-2/h10H,3-9H2,1-2H3. The molecule has 1 aliphatic heterocycles. The van der Waals surface area contributed by atoms with Crippen molar-refractivity contribution >= 4 is 23.6 Å². The van der Waals surface area contributed by atoms with E-state index in [9.17, 15) is 9.59 Å². The van der Waals surface area contributed by atoms with Crippen LogP contribution >= 0.6 is 11.8 Å². The molecule has 0 aliphatic carbocycles. The van der Waals surface area contributed by atoms with Gasteiger partial charge >= 0.3 is 5.97 Å². The van der Waals surface area contributed by atoms with Gasteiger partial charge in [0.25, 0.3) is 0 Å². The van der Waals surface area contributed by atoms with Crippen LogP contribution in [0.1, 0.15) is 20.3 Å². The predicted octanol–water partition coefficient (Wildman–Crippen LogP) is 0.920. The van der Waals surface area contributed by atoms with Crippen LogP contribution in [0.3, 0.4) is 0 Å². The zero-order valence-corrected chi connectivity index (χ0v) is 11.8. The van der Waals surface area contributed by atoms with E-state index in [1.807, 2.05) is 6.92 Å². The molecule has 1 atom stereocenters. The minimum absolute atomic E-state index is 0.0500. The van der Waals surface area contributed by atoms with E-state index >= 15 is 0 Å². The van der Waals surface area contributed by atoms with E-state index in [4.69, 9.17) is 9.47 Å². The van der Waals surface area contributed by atoms with Crippen molar-refractivity contribution in [3.63, 3.8) is 0 Å². The summed E-state index contributed by atoms with van der Waals surface area (Å²) < 4.78 is 10.2. The number of nitrogens with zero attached hydrogens (tertiary/aromatic N) is 1. The molecule has 0 spiro atoms. The largest absolute Gasteiger partial charge is 0.464 e. The second kappa shape index (κ2) is 8.37. The monoisotopic (exact) mass is 275 g/mol. The molecule has 1 fully saturated rings. The highest BCUT2D eigenvalue weighted by atomic mass is 32.2. The lowest BCUT2D eigenvalue weighted by Gasteiger charge is -2.33. The number of carbonyl (C=O) groups is 2. The van der Waals surface area contributed by atoms with Crippen molar-refractivity contribution < 1.29 is 19.1 Å². The molecule has 1 saturated heterocycles. The number of hydrogen-bond donors (Lipinski definition) is 0. The van der Waals surface area contributed by atoms with E-state index in [1.165, 1.54) is 0 Å². The molecular formula is C12H21NO4S. The fourth-order valence-electron chi connectivity index (χ4n) is 1.72. The Hall–Kier alpha value is -0.750. The highest BCUT2D eigenvalue weighted by Gasteiger charge is 2.33. The van der Waals surface area contributed by atoms with Gasteiger partial charge in [0, 0.05) is 24.7 Å². The Morgan fingerprint density at radius 2 is 2.17 bits per heavy atom. The zero-order valence-electron chi connectivity index (χ0n) is 11.0. The molecule has 0 bridgehead atoms. The van der Waals surface area contributed by atoms with Gasteiger partial charge in [-0.3, -0.25) is 4.79 Å². The Kier molecular flexibility index (Phi) is 7.12. The average molecular weight is 275 g/mol. The van der Waals surface area contributed by atoms with Crippen molar-refractivity contribution in [2.75, 3.05) is 37.9 Å². The molecule has 5 nitrogen and oxygen atoms in total. The van der Waals surface area contributed by atoms with E-state index in [1.54, 1.807) is 23.6 Å². The SMILES string of the molecule is CCCOCC(=O)N1CCSCC1C(=O)OCC. The van der Waals surface area contributed by atoms with Gasteiger partial charge in [0.2, 0.25) is 5.91 Å². The highest BCUT2D eigenvalue weighted by Crippen LogP contribution is 2.18. The second-order valence-corrected chi connectivity index (χ2v) is 5.13. The first kappa shape index (κ1) is 15.3. The van der Waals surface area contributed by atoms with E-state index in [0.717, 1.165) is 12.2 Å². The van der Waals surface area contributed by atoms with Gasteiger partial charge in [-0.05, 0) is 13.3 Å².